The first-order valence-electron chi connectivity index (χ1n) is 8.31. The van der Waals surface area contributed by atoms with Crippen LogP contribution in [0.1, 0.15) is 29.8 Å². The first-order chi connectivity index (χ1) is 12.8. The van der Waals surface area contributed by atoms with Crippen LogP contribution in [0.15, 0.2) is 42.5 Å². The van der Waals surface area contributed by atoms with E-state index in [1.54, 1.807) is 31.2 Å². The van der Waals surface area contributed by atoms with Crippen LogP contribution >= 0.6 is 0 Å². The van der Waals surface area contributed by atoms with Crippen LogP contribution in [0.25, 0.3) is 0 Å². The van der Waals surface area contributed by atoms with Crippen LogP contribution in [0.3, 0.4) is 0 Å². The molecule has 2 aromatic rings. The SMILES string of the molecule is CCOc1ccc(NC(=O)[C@H](C)OC(=O)c2ccc(C)c([N+](=O)[O-])c2)cc1. The van der Waals surface area contributed by atoms with E-state index in [2.05, 4.69) is 5.32 Å². The van der Waals surface area contributed by atoms with Gasteiger partial charge in [-0.2, -0.15) is 0 Å². The topological polar surface area (TPSA) is 108 Å². The Kier molecular flexibility index (Phi) is 6.48. The molecule has 0 unspecified atom stereocenters. The van der Waals surface area contributed by atoms with Crippen LogP contribution in [0.2, 0.25) is 0 Å². The Bertz CT molecular complexity index is 848. The minimum atomic E-state index is -1.08. The fourth-order valence-corrected chi connectivity index (χ4v) is 2.26. The van der Waals surface area contributed by atoms with Gasteiger partial charge in [-0.15, -0.1) is 0 Å². The van der Waals surface area contributed by atoms with Gasteiger partial charge in [-0.05, 0) is 51.1 Å². The number of aryl methyl sites for hydroxylation is 1. The van der Waals surface area contributed by atoms with E-state index in [1.165, 1.54) is 19.1 Å². The van der Waals surface area contributed by atoms with Crippen LogP contribution in [-0.2, 0) is 9.53 Å². The van der Waals surface area contributed by atoms with Gasteiger partial charge in [-0.1, -0.05) is 6.07 Å². The van der Waals surface area contributed by atoms with Crippen LogP contribution in [-0.4, -0.2) is 29.5 Å². The van der Waals surface area contributed by atoms with Crippen LogP contribution in [0.4, 0.5) is 11.4 Å². The molecule has 0 fully saturated rings. The van der Waals surface area contributed by atoms with Crippen LogP contribution in [0.5, 0.6) is 5.75 Å². The molecule has 1 atom stereocenters. The predicted octanol–water partition coefficient (Wildman–Crippen LogP) is 3.49. The first-order valence-corrected chi connectivity index (χ1v) is 8.31. The van der Waals surface area contributed by atoms with E-state index in [9.17, 15) is 19.7 Å². The zero-order valence-electron chi connectivity index (χ0n) is 15.2. The van der Waals surface area contributed by atoms with Gasteiger partial charge in [0, 0.05) is 17.3 Å². The van der Waals surface area contributed by atoms with Crippen molar-refractivity contribution in [2.24, 2.45) is 0 Å². The Morgan fingerprint density at radius 3 is 2.44 bits per heavy atom. The fraction of sp³-hybridized carbons (Fsp3) is 0.263. The van der Waals surface area contributed by atoms with Crippen molar-refractivity contribution >= 4 is 23.3 Å². The zero-order valence-corrected chi connectivity index (χ0v) is 15.2. The molecular weight excluding hydrogens is 352 g/mol. The van der Waals surface area contributed by atoms with Crippen molar-refractivity contribution in [3.8, 4) is 5.75 Å². The van der Waals surface area contributed by atoms with E-state index in [0.29, 0.717) is 23.6 Å². The Labute approximate surface area is 156 Å². The smallest absolute Gasteiger partial charge is 0.339 e. The number of anilines is 1. The number of hydrogen-bond acceptors (Lipinski definition) is 6. The van der Waals surface area contributed by atoms with Crippen molar-refractivity contribution in [2.75, 3.05) is 11.9 Å². The molecule has 0 aromatic heterocycles. The van der Waals surface area contributed by atoms with Gasteiger partial charge in [0.05, 0.1) is 17.1 Å². The summed E-state index contributed by atoms with van der Waals surface area (Å²) in [7, 11) is 0. The monoisotopic (exact) mass is 372 g/mol. The molecule has 0 aliphatic heterocycles. The number of rotatable bonds is 7. The molecule has 0 saturated heterocycles. The largest absolute Gasteiger partial charge is 0.494 e. The summed E-state index contributed by atoms with van der Waals surface area (Å²) < 4.78 is 10.4. The molecule has 1 N–H and O–H groups in total. The maximum absolute atomic E-state index is 12.2. The average molecular weight is 372 g/mol. The molecular formula is C19H20N2O6. The highest BCUT2D eigenvalue weighted by atomic mass is 16.6. The number of nitrogens with one attached hydrogen (secondary N) is 1. The van der Waals surface area contributed by atoms with Crippen molar-refractivity contribution in [2.45, 2.75) is 26.9 Å². The van der Waals surface area contributed by atoms with Crippen LogP contribution < -0.4 is 10.1 Å². The van der Waals surface area contributed by atoms with E-state index >= 15 is 0 Å². The third kappa shape index (κ3) is 5.27. The quantitative estimate of drug-likeness (QED) is 0.453. The summed E-state index contributed by atoms with van der Waals surface area (Å²) in [6.45, 7) is 5.40. The second-order valence-corrected chi connectivity index (χ2v) is 5.75. The molecule has 142 valence electrons. The molecule has 2 rings (SSSR count). The molecule has 0 aliphatic rings. The second-order valence-electron chi connectivity index (χ2n) is 5.75. The van der Waals surface area contributed by atoms with Crippen molar-refractivity contribution < 1.29 is 24.0 Å². The summed E-state index contributed by atoms with van der Waals surface area (Å²) in [6.07, 6.45) is -1.08. The van der Waals surface area contributed by atoms with Gasteiger partial charge < -0.3 is 14.8 Å². The number of benzene rings is 2. The van der Waals surface area contributed by atoms with Gasteiger partial charge in [-0.25, -0.2) is 4.79 Å². The Hall–Kier alpha value is -3.42. The number of nitro groups is 1. The molecule has 0 aliphatic carbocycles. The van der Waals surface area contributed by atoms with E-state index in [1.807, 2.05) is 6.92 Å². The number of nitro benzene ring substituents is 1. The standard InChI is InChI=1S/C19H20N2O6/c1-4-26-16-9-7-15(8-10-16)20-18(22)13(3)27-19(23)14-6-5-12(2)17(11-14)21(24)25/h5-11,13H,4H2,1-3H3,(H,20,22)/t13-/m0/s1. The fourth-order valence-electron chi connectivity index (χ4n) is 2.26. The summed E-state index contributed by atoms with van der Waals surface area (Å²) in [6, 6.07) is 10.8. The number of amides is 1. The lowest BCUT2D eigenvalue weighted by Gasteiger charge is -2.14. The number of ether oxygens (including phenoxy) is 2. The highest BCUT2D eigenvalue weighted by Crippen LogP contribution is 2.20. The van der Waals surface area contributed by atoms with E-state index in [-0.39, 0.29) is 11.3 Å². The van der Waals surface area contributed by atoms with Gasteiger partial charge in [0.25, 0.3) is 11.6 Å². The van der Waals surface area contributed by atoms with Crippen molar-refractivity contribution in [1.29, 1.82) is 0 Å². The van der Waals surface area contributed by atoms with Crippen molar-refractivity contribution in [3.05, 3.63) is 63.7 Å². The minimum Gasteiger partial charge on any atom is -0.494 e. The number of nitrogens with zero attached hydrogens (tertiary/aromatic N) is 1. The lowest BCUT2D eigenvalue weighted by atomic mass is 10.1. The normalized spacial score (nSPS) is 11.4. The highest BCUT2D eigenvalue weighted by Gasteiger charge is 2.21. The number of esters is 1. The molecule has 1 amide bonds. The summed E-state index contributed by atoms with van der Waals surface area (Å²) in [5.74, 6) is -0.655. The molecule has 27 heavy (non-hydrogen) atoms. The summed E-state index contributed by atoms with van der Waals surface area (Å²) in [5, 5.41) is 13.6. The van der Waals surface area contributed by atoms with E-state index in [0.717, 1.165) is 6.07 Å². The molecule has 0 bridgehead atoms. The number of carbonyl (C=O) groups is 2. The maximum atomic E-state index is 12.2. The Morgan fingerprint density at radius 2 is 1.85 bits per heavy atom. The van der Waals surface area contributed by atoms with Gasteiger partial charge in [0.2, 0.25) is 0 Å². The molecule has 0 heterocycles. The maximum Gasteiger partial charge on any atom is 0.339 e. The van der Waals surface area contributed by atoms with Gasteiger partial charge >= 0.3 is 5.97 Å². The Morgan fingerprint density at radius 1 is 1.19 bits per heavy atom. The summed E-state index contributed by atoms with van der Waals surface area (Å²) in [5.41, 5.74) is 0.777. The molecule has 8 nitrogen and oxygen atoms in total. The molecule has 0 saturated carbocycles. The Balaban J connectivity index is 2.00. The van der Waals surface area contributed by atoms with Gasteiger partial charge in [0.1, 0.15) is 5.75 Å². The summed E-state index contributed by atoms with van der Waals surface area (Å²) >= 11 is 0. The minimum absolute atomic E-state index is 0.00742. The third-order valence-electron chi connectivity index (χ3n) is 3.73. The number of hydrogen-bond donors (Lipinski definition) is 1. The first kappa shape index (κ1) is 19.9. The summed E-state index contributed by atoms with van der Waals surface area (Å²) in [4.78, 5) is 34.8. The molecule has 2 aromatic carbocycles. The van der Waals surface area contributed by atoms with Crippen molar-refractivity contribution in [3.63, 3.8) is 0 Å². The molecule has 0 radical (unpaired) electrons. The lowest BCUT2D eigenvalue weighted by Crippen LogP contribution is -2.30. The van der Waals surface area contributed by atoms with Gasteiger partial charge in [-0.3, -0.25) is 14.9 Å². The van der Waals surface area contributed by atoms with Gasteiger partial charge in [0.15, 0.2) is 6.10 Å². The third-order valence-corrected chi connectivity index (χ3v) is 3.73. The molecule has 0 spiro atoms. The van der Waals surface area contributed by atoms with Crippen molar-refractivity contribution in [1.82, 2.24) is 0 Å². The number of carbonyl (C=O) groups excluding carboxylic acids is 2. The van der Waals surface area contributed by atoms with E-state index in [4.69, 9.17) is 9.47 Å². The van der Waals surface area contributed by atoms with E-state index < -0.39 is 22.9 Å². The lowest BCUT2D eigenvalue weighted by molar-refractivity contribution is -0.385. The predicted molar refractivity (Wildman–Crippen MR) is 99.0 cm³/mol. The van der Waals surface area contributed by atoms with Crippen LogP contribution in [0, 0.1) is 17.0 Å². The highest BCUT2D eigenvalue weighted by molar-refractivity contribution is 5.97. The second kappa shape index (κ2) is 8.79. The average Bonchev–Trinajstić information content (AvgIpc) is 2.63. The molecule has 8 heteroatoms. The zero-order chi connectivity index (χ0) is 20.0.